The van der Waals surface area contributed by atoms with E-state index in [0.29, 0.717) is 0 Å². The fraction of sp³-hybridized carbons (Fsp3) is 0.214. The van der Waals surface area contributed by atoms with Crippen molar-refractivity contribution < 1.29 is 0 Å². The molecule has 0 bridgehead atoms. The number of nitrogens with zero attached hydrogens (tertiary/aromatic N) is 2. The summed E-state index contributed by atoms with van der Waals surface area (Å²) in [4.78, 5) is 1.24. The molecule has 0 aliphatic rings. The highest BCUT2D eigenvalue weighted by Crippen LogP contribution is 2.34. The zero-order chi connectivity index (χ0) is 12.5. The minimum atomic E-state index is 0.845. The van der Waals surface area contributed by atoms with E-state index in [-0.39, 0.29) is 0 Å². The van der Waals surface area contributed by atoms with Gasteiger partial charge in [0.1, 0.15) is 5.69 Å². The van der Waals surface area contributed by atoms with Gasteiger partial charge >= 0.3 is 0 Å². The molecule has 1 aromatic carbocycles. The van der Waals surface area contributed by atoms with E-state index in [4.69, 9.17) is 0 Å². The smallest absolute Gasteiger partial charge is 0.107 e. The third-order valence-electron chi connectivity index (χ3n) is 2.93. The van der Waals surface area contributed by atoms with Crippen LogP contribution >= 0.6 is 11.3 Å². The number of rotatable bonds is 3. The summed E-state index contributed by atoms with van der Waals surface area (Å²) in [6.07, 6.45) is 2.08. The summed E-state index contributed by atoms with van der Waals surface area (Å²) in [6.45, 7) is 0.845. The SMILES string of the molecule is CNCc1cn(C)nc1-c1cc2ccccc2s1. The molecule has 0 aliphatic heterocycles. The summed E-state index contributed by atoms with van der Waals surface area (Å²) in [5, 5.41) is 9.06. The summed E-state index contributed by atoms with van der Waals surface area (Å²) >= 11 is 1.80. The number of hydrogen-bond acceptors (Lipinski definition) is 3. The van der Waals surface area contributed by atoms with Crippen LogP contribution in [-0.4, -0.2) is 16.8 Å². The maximum atomic E-state index is 4.58. The van der Waals surface area contributed by atoms with Crippen molar-refractivity contribution in [3.63, 3.8) is 0 Å². The number of aromatic nitrogens is 2. The molecule has 0 fully saturated rings. The maximum absolute atomic E-state index is 4.58. The third kappa shape index (κ3) is 1.94. The average molecular weight is 257 g/mol. The number of aryl methyl sites for hydroxylation is 1. The quantitative estimate of drug-likeness (QED) is 0.781. The van der Waals surface area contributed by atoms with Gasteiger partial charge < -0.3 is 5.32 Å². The first-order valence-corrected chi connectivity index (χ1v) is 6.75. The Morgan fingerprint density at radius 3 is 2.94 bits per heavy atom. The number of fused-ring (bicyclic) bond motifs is 1. The molecular formula is C14H15N3S. The summed E-state index contributed by atoms with van der Waals surface area (Å²) < 4.78 is 3.19. The second-order valence-electron chi connectivity index (χ2n) is 4.36. The minimum absolute atomic E-state index is 0.845. The standard InChI is InChI=1S/C14H15N3S/c1-15-8-11-9-17(2)16-14(11)13-7-10-5-3-4-6-12(10)18-13/h3-7,9,15H,8H2,1-2H3. The molecule has 4 heteroatoms. The lowest BCUT2D eigenvalue weighted by Gasteiger charge is -1.97. The Labute approximate surface area is 110 Å². The van der Waals surface area contributed by atoms with E-state index in [2.05, 4.69) is 46.9 Å². The first-order valence-electron chi connectivity index (χ1n) is 5.94. The Hall–Kier alpha value is -1.65. The van der Waals surface area contributed by atoms with Gasteiger partial charge in [0.25, 0.3) is 0 Å². The monoisotopic (exact) mass is 257 g/mol. The van der Waals surface area contributed by atoms with Gasteiger partial charge in [0.2, 0.25) is 0 Å². The molecule has 0 saturated carbocycles. The van der Waals surface area contributed by atoms with E-state index in [1.165, 1.54) is 20.5 Å². The second kappa shape index (κ2) is 4.55. The fourth-order valence-corrected chi connectivity index (χ4v) is 3.25. The van der Waals surface area contributed by atoms with Gasteiger partial charge in [-0.2, -0.15) is 5.10 Å². The molecule has 0 spiro atoms. The molecule has 1 N–H and O–H groups in total. The molecular weight excluding hydrogens is 242 g/mol. The zero-order valence-corrected chi connectivity index (χ0v) is 11.3. The topological polar surface area (TPSA) is 29.9 Å². The van der Waals surface area contributed by atoms with Crippen LogP contribution in [0.15, 0.2) is 36.5 Å². The molecule has 0 amide bonds. The van der Waals surface area contributed by atoms with Crippen LogP contribution in [0.2, 0.25) is 0 Å². The molecule has 0 atom stereocenters. The van der Waals surface area contributed by atoms with Crippen LogP contribution in [0.25, 0.3) is 20.7 Å². The van der Waals surface area contributed by atoms with Crippen LogP contribution in [0.3, 0.4) is 0 Å². The Morgan fingerprint density at radius 1 is 1.33 bits per heavy atom. The van der Waals surface area contributed by atoms with Gasteiger partial charge in [-0.1, -0.05) is 18.2 Å². The van der Waals surface area contributed by atoms with Crippen LogP contribution in [-0.2, 0) is 13.6 Å². The first-order chi connectivity index (χ1) is 8.78. The van der Waals surface area contributed by atoms with Gasteiger partial charge in [-0.3, -0.25) is 4.68 Å². The molecule has 92 valence electrons. The predicted octanol–water partition coefficient (Wildman–Crippen LogP) is 3.02. The summed E-state index contributed by atoms with van der Waals surface area (Å²) in [5.74, 6) is 0. The highest BCUT2D eigenvalue weighted by Gasteiger charge is 2.12. The Balaban J connectivity index is 2.13. The summed E-state index contributed by atoms with van der Waals surface area (Å²) in [7, 11) is 3.93. The number of hydrogen-bond donors (Lipinski definition) is 1. The van der Waals surface area contributed by atoms with E-state index in [9.17, 15) is 0 Å². The van der Waals surface area contributed by atoms with Gasteiger partial charge in [0.05, 0.1) is 4.88 Å². The van der Waals surface area contributed by atoms with Crippen molar-refractivity contribution in [3.8, 4) is 10.6 Å². The predicted molar refractivity (Wildman–Crippen MR) is 76.8 cm³/mol. The molecule has 3 nitrogen and oxygen atoms in total. The van der Waals surface area contributed by atoms with Crippen molar-refractivity contribution in [1.29, 1.82) is 0 Å². The van der Waals surface area contributed by atoms with Crippen molar-refractivity contribution in [1.82, 2.24) is 15.1 Å². The largest absolute Gasteiger partial charge is 0.316 e. The number of benzene rings is 1. The van der Waals surface area contributed by atoms with E-state index < -0.39 is 0 Å². The van der Waals surface area contributed by atoms with Gasteiger partial charge in [0, 0.05) is 30.1 Å². The Morgan fingerprint density at radius 2 is 2.17 bits per heavy atom. The van der Waals surface area contributed by atoms with Crippen LogP contribution in [0.4, 0.5) is 0 Å². The van der Waals surface area contributed by atoms with Crippen molar-refractivity contribution in [2.75, 3.05) is 7.05 Å². The van der Waals surface area contributed by atoms with Crippen LogP contribution < -0.4 is 5.32 Å². The third-order valence-corrected chi connectivity index (χ3v) is 4.05. The van der Waals surface area contributed by atoms with Gasteiger partial charge in [-0.05, 0) is 24.6 Å². The lowest BCUT2D eigenvalue weighted by molar-refractivity contribution is 0.766. The van der Waals surface area contributed by atoms with Crippen molar-refractivity contribution in [3.05, 3.63) is 42.1 Å². The molecule has 0 saturated heterocycles. The average Bonchev–Trinajstić information content (AvgIpc) is 2.92. The molecule has 0 aliphatic carbocycles. The van der Waals surface area contributed by atoms with Gasteiger partial charge in [-0.25, -0.2) is 0 Å². The molecule has 2 aromatic heterocycles. The normalized spacial score (nSPS) is 11.2. The van der Waals surface area contributed by atoms with Crippen molar-refractivity contribution in [2.24, 2.45) is 7.05 Å². The Bertz CT molecular complexity index is 648. The first kappa shape index (κ1) is 11.4. The van der Waals surface area contributed by atoms with E-state index >= 15 is 0 Å². The fourth-order valence-electron chi connectivity index (χ4n) is 2.16. The zero-order valence-electron chi connectivity index (χ0n) is 10.5. The van der Waals surface area contributed by atoms with Crippen molar-refractivity contribution in [2.45, 2.75) is 6.54 Å². The number of nitrogens with one attached hydrogen (secondary N) is 1. The lowest BCUT2D eigenvalue weighted by Crippen LogP contribution is -2.04. The lowest BCUT2D eigenvalue weighted by atomic mass is 10.2. The summed E-state index contributed by atoms with van der Waals surface area (Å²) in [5.41, 5.74) is 2.33. The molecule has 3 rings (SSSR count). The maximum Gasteiger partial charge on any atom is 0.107 e. The van der Waals surface area contributed by atoms with Crippen molar-refractivity contribution >= 4 is 21.4 Å². The van der Waals surface area contributed by atoms with Crippen LogP contribution in [0.5, 0.6) is 0 Å². The van der Waals surface area contributed by atoms with Gasteiger partial charge in [0.15, 0.2) is 0 Å². The van der Waals surface area contributed by atoms with E-state index in [1.54, 1.807) is 11.3 Å². The van der Waals surface area contributed by atoms with Crippen LogP contribution in [0, 0.1) is 0 Å². The highest BCUT2D eigenvalue weighted by atomic mass is 32.1. The van der Waals surface area contributed by atoms with Crippen LogP contribution in [0.1, 0.15) is 5.56 Å². The summed E-state index contributed by atoms with van der Waals surface area (Å²) in [6, 6.07) is 10.7. The van der Waals surface area contributed by atoms with E-state index in [0.717, 1.165) is 12.2 Å². The molecule has 0 unspecified atom stereocenters. The number of thiophene rings is 1. The molecule has 3 aromatic rings. The highest BCUT2D eigenvalue weighted by molar-refractivity contribution is 7.22. The van der Waals surface area contributed by atoms with E-state index in [1.807, 2.05) is 18.8 Å². The second-order valence-corrected chi connectivity index (χ2v) is 5.44. The molecule has 0 radical (unpaired) electrons. The minimum Gasteiger partial charge on any atom is -0.316 e. The Kier molecular flexibility index (Phi) is 2.89. The molecule has 18 heavy (non-hydrogen) atoms. The van der Waals surface area contributed by atoms with Gasteiger partial charge in [-0.15, -0.1) is 11.3 Å². The molecule has 2 heterocycles.